The molecule has 1 aliphatic heterocycles. The second kappa shape index (κ2) is 7.43. The molecule has 140 valence electrons. The molecule has 4 rings (SSSR count). The summed E-state index contributed by atoms with van der Waals surface area (Å²) < 4.78 is 5.22. The van der Waals surface area contributed by atoms with Crippen LogP contribution in [0.25, 0.3) is 0 Å². The molecule has 1 N–H and O–H groups in total. The van der Waals surface area contributed by atoms with E-state index < -0.39 is 0 Å². The van der Waals surface area contributed by atoms with Gasteiger partial charge in [0.05, 0.1) is 18.9 Å². The summed E-state index contributed by atoms with van der Waals surface area (Å²) in [6.45, 7) is 1.29. The van der Waals surface area contributed by atoms with Crippen LogP contribution in [0, 0.1) is 11.8 Å². The topological polar surface area (TPSA) is 58.6 Å². The number of ether oxygens (including phenoxy) is 1. The van der Waals surface area contributed by atoms with E-state index >= 15 is 0 Å². The summed E-state index contributed by atoms with van der Waals surface area (Å²) in [5.74, 6) is 0.540. The van der Waals surface area contributed by atoms with E-state index in [4.69, 9.17) is 4.74 Å². The zero-order valence-corrected chi connectivity index (χ0v) is 15.5. The number of rotatable bonds is 6. The summed E-state index contributed by atoms with van der Waals surface area (Å²) in [5, 5.41) is 2.97. The Balaban J connectivity index is 1.27. The van der Waals surface area contributed by atoms with Gasteiger partial charge in [0, 0.05) is 18.8 Å². The van der Waals surface area contributed by atoms with Crippen molar-refractivity contribution in [2.24, 2.45) is 11.8 Å². The molecule has 0 radical (unpaired) electrons. The van der Waals surface area contributed by atoms with Gasteiger partial charge in [-0.15, -0.1) is 0 Å². The van der Waals surface area contributed by atoms with Gasteiger partial charge in [0.1, 0.15) is 5.75 Å². The molecule has 1 aliphatic carbocycles. The largest absolute Gasteiger partial charge is 0.497 e. The number of carbonyl (C=O) groups is 2. The molecule has 2 aromatic carbocycles. The first-order valence-corrected chi connectivity index (χ1v) is 9.47. The van der Waals surface area contributed by atoms with Crippen LogP contribution < -0.4 is 15.0 Å². The number of amides is 2. The van der Waals surface area contributed by atoms with Crippen molar-refractivity contribution in [1.82, 2.24) is 5.32 Å². The Morgan fingerprint density at radius 1 is 1.15 bits per heavy atom. The van der Waals surface area contributed by atoms with Gasteiger partial charge in [0.15, 0.2) is 0 Å². The number of anilines is 1. The van der Waals surface area contributed by atoms with Crippen molar-refractivity contribution in [3.8, 4) is 5.75 Å². The number of nitrogens with one attached hydrogen (secondary N) is 1. The first kappa shape index (κ1) is 17.6. The number of para-hydroxylation sites is 1. The van der Waals surface area contributed by atoms with Crippen LogP contribution in [0.5, 0.6) is 5.75 Å². The Morgan fingerprint density at radius 2 is 2.00 bits per heavy atom. The molecule has 27 heavy (non-hydrogen) atoms. The van der Waals surface area contributed by atoms with Gasteiger partial charge >= 0.3 is 0 Å². The highest BCUT2D eigenvalue weighted by atomic mass is 16.5. The highest BCUT2D eigenvalue weighted by Crippen LogP contribution is 2.42. The summed E-state index contributed by atoms with van der Waals surface area (Å²) in [7, 11) is 1.64. The summed E-state index contributed by atoms with van der Waals surface area (Å²) >= 11 is 0. The molecule has 1 fully saturated rings. The predicted molar refractivity (Wildman–Crippen MR) is 104 cm³/mol. The summed E-state index contributed by atoms with van der Waals surface area (Å²) in [6.07, 6.45) is 2.29. The van der Waals surface area contributed by atoms with Crippen molar-refractivity contribution in [3.05, 3.63) is 59.7 Å². The lowest BCUT2D eigenvalue weighted by Gasteiger charge is -2.17. The molecule has 2 aromatic rings. The Morgan fingerprint density at radius 3 is 2.85 bits per heavy atom. The third-order valence-electron chi connectivity index (χ3n) is 5.44. The van der Waals surface area contributed by atoms with Gasteiger partial charge in [-0.05, 0) is 48.6 Å². The van der Waals surface area contributed by atoms with Gasteiger partial charge in [0.2, 0.25) is 11.8 Å². The zero-order chi connectivity index (χ0) is 18.8. The molecule has 0 aromatic heterocycles. The van der Waals surface area contributed by atoms with E-state index in [9.17, 15) is 9.59 Å². The van der Waals surface area contributed by atoms with E-state index in [1.54, 1.807) is 7.11 Å². The minimum absolute atomic E-state index is 0.0104. The van der Waals surface area contributed by atoms with E-state index in [1.165, 1.54) is 5.56 Å². The average Bonchev–Trinajstić information content (AvgIpc) is 3.39. The van der Waals surface area contributed by atoms with Crippen LogP contribution in [-0.4, -0.2) is 32.0 Å². The van der Waals surface area contributed by atoms with Gasteiger partial charge in [-0.25, -0.2) is 0 Å². The van der Waals surface area contributed by atoms with Crippen LogP contribution in [0.2, 0.25) is 0 Å². The Labute approximate surface area is 159 Å². The Kier molecular flexibility index (Phi) is 4.84. The number of benzene rings is 2. The normalized spacial score (nSPS) is 20.1. The molecule has 2 amide bonds. The van der Waals surface area contributed by atoms with Crippen molar-refractivity contribution in [3.63, 3.8) is 0 Å². The van der Waals surface area contributed by atoms with Crippen LogP contribution >= 0.6 is 0 Å². The van der Waals surface area contributed by atoms with E-state index in [1.807, 2.05) is 47.4 Å². The molecule has 2 aliphatic rings. The van der Waals surface area contributed by atoms with Crippen LogP contribution in [0.1, 0.15) is 17.5 Å². The fraction of sp³-hybridized carbons (Fsp3) is 0.364. The van der Waals surface area contributed by atoms with Gasteiger partial charge in [-0.1, -0.05) is 30.3 Å². The van der Waals surface area contributed by atoms with Crippen LogP contribution in [-0.2, 0) is 22.4 Å². The minimum Gasteiger partial charge on any atom is -0.497 e. The van der Waals surface area contributed by atoms with E-state index in [0.717, 1.165) is 36.4 Å². The van der Waals surface area contributed by atoms with Crippen molar-refractivity contribution in [2.75, 3.05) is 25.1 Å². The van der Waals surface area contributed by atoms with Crippen LogP contribution in [0.4, 0.5) is 5.69 Å². The highest BCUT2D eigenvalue weighted by Gasteiger charge is 2.50. The molecule has 0 saturated heterocycles. The second-order valence-electron chi connectivity index (χ2n) is 7.21. The van der Waals surface area contributed by atoms with Crippen LogP contribution in [0.3, 0.4) is 0 Å². The van der Waals surface area contributed by atoms with Gasteiger partial charge < -0.3 is 15.0 Å². The summed E-state index contributed by atoms with van der Waals surface area (Å²) in [5.41, 5.74) is 3.34. The van der Waals surface area contributed by atoms with Crippen molar-refractivity contribution >= 4 is 17.5 Å². The number of methoxy groups -OCH3 is 1. The lowest BCUT2D eigenvalue weighted by Crippen LogP contribution is -2.33. The number of fused-ring (bicyclic) bond motifs is 1. The van der Waals surface area contributed by atoms with E-state index in [2.05, 4.69) is 11.4 Å². The number of hydrogen-bond donors (Lipinski definition) is 1. The van der Waals surface area contributed by atoms with E-state index in [-0.39, 0.29) is 23.7 Å². The van der Waals surface area contributed by atoms with Gasteiger partial charge in [-0.2, -0.15) is 0 Å². The molecule has 1 saturated carbocycles. The first-order valence-electron chi connectivity index (χ1n) is 9.47. The quantitative estimate of drug-likeness (QED) is 0.857. The monoisotopic (exact) mass is 364 g/mol. The maximum Gasteiger partial charge on any atom is 0.230 e. The number of hydrogen-bond acceptors (Lipinski definition) is 3. The summed E-state index contributed by atoms with van der Waals surface area (Å²) in [4.78, 5) is 27.0. The lowest BCUT2D eigenvalue weighted by molar-refractivity contribution is -0.126. The molecular weight excluding hydrogens is 340 g/mol. The minimum atomic E-state index is -0.185. The van der Waals surface area contributed by atoms with Crippen molar-refractivity contribution in [1.29, 1.82) is 0 Å². The van der Waals surface area contributed by atoms with E-state index in [0.29, 0.717) is 13.0 Å². The smallest absolute Gasteiger partial charge is 0.230 e. The van der Waals surface area contributed by atoms with Crippen molar-refractivity contribution < 1.29 is 14.3 Å². The molecule has 5 heteroatoms. The standard InChI is InChI=1S/C22H24N2O3/c1-27-17-7-4-5-15(13-17)9-11-23-21(25)18-14-19(18)22(26)24-12-10-16-6-2-3-8-20(16)24/h2-8,13,18-19H,9-12,14H2,1H3,(H,23,25). The average molecular weight is 364 g/mol. The fourth-order valence-corrected chi connectivity index (χ4v) is 3.81. The SMILES string of the molecule is COc1cccc(CCNC(=O)C2CC2C(=O)N2CCc3ccccc32)c1. The maximum atomic E-state index is 12.8. The lowest BCUT2D eigenvalue weighted by atomic mass is 10.1. The van der Waals surface area contributed by atoms with Crippen LogP contribution in [0.15, 0.2) is 48.5 Å². The molecule has 5 nitrogen and oxygen atoms in total. The third-order valence-corrected chi connectivity index (χ3v) is 5.44. The fourth-order valence-electron chi connectivity index (χ4n) is 3.81. The molecule has 2 atom stereocenters. The third kappa shape index (κ3) is 3.68. The molecule has 0 spiro atoms. The summed E-state index contributed by atoms with van der Waals surface area (Å²) in [6, 6.07) is 15.9. The first-order chi connectivity index (χ1) is 13.2. The number of carbonyl (C=O) groups excluding carboxylic acids is 2. The van der Waals surface area contributed by atoms with Gasteiger partial charge in [0.25, 0.3) is 0 Å². The van der Waals surface area contributed by atoms with Gasteiger partial charge in [-0.3, -0.25) is 9.59 Å². The highest BCUT2D eigenvalue weighted by molar-refractivity contribution is 6.02. The zero-order valence-electron chi connectivity index (χ0n) is 15.5. The molecule has 1 heterocycles. The Bertz CT molecular complexity index is 864. The molecular formula is C22H24N2O3. The molecule has 2 unspecified atom stereocenters. The maximum absolute atomic E-state index is 12.8. The van der Waals surface area contributed by atoms with Crippen molar-refractivity contribution in [2.45, 2.75) is 19.3 Å². The predicted octanol–water partition coefficient (Wildman–Crippen LogP) is 2.58. The Hall–Kier alpha value is -2.82. The molecule has 0 bridgehead atoms. The second-order valence-corrected chi connectivity index (χ2v) is 7.21. The number of nitrogens with zero attached hydrogens (tertiary/aromatic N) is 1.